The van der Waals surface area contributed by atoms with Crippen molar-refractivity contribution < 1.29 is 0 Å². The quantitative estimate of drug-likeness (QED) is 0.751. The van der Waals surface area contributed by atoms with Crippen LogP contribution >= 0.6 is 11.6 Å². The highest BCUT2D eigenvalue weighted by atomic mass is 35.5. The number of aromatic nitrogens is 3. The molecule has 0 atom stereocenters. The average Bonchev–Trinajstić information content (AvgIpc) is 2.54. The molecule has 1 fully saturated rings. The summed E-state index contributed by atoms with van der Waals surface area (Å²) in [6.45, 7) is 1.86. The molecule has 0 aliphatic carbocycles. The molecule has 3 N–H and O–H groups in total. The molecule has 1 aliphatic rings. The molecule has 3 heterocycles. The van der Waals surface area contributed by atoms with Crippen molar-refractivity contribution in [2.75, 3.05) is 18.8 Å². The second-order valence-electron chi connectivity index (χ2n) is 3.67. The largest absolute Gasteiger partial charge is 0.396 e. The van der Waals surface area contributed by atoms with E-state index in [2.05, 4.69) is 15.4 Å². The van der Waals surface area contributed by atoms with E-state index in [9.17, 15) is 0 Å². The number of nitrogens with two attached hydrogens (primary N) is 1. The topological polar surface area (TPSA) is 68.8 Å². The van der Waals surface area contributed by atoms with Crippen molar-refractivity contribution in [3.05, 3.63) is 17.4 Å². The van der Waals surface area contributed by atoms with Crippen molar-refractivity contribution >= 4 is 28.3 Å². The summed E-state index contributed by atoms with van der Waals surface area (Å²) < 4.78 is 1.90. The van der Waals surface area contributed by atoms with Gasteiger partial charge in [0.2, 0.25) is 0 Å². The molecular formula is C9H10ClN5. The molecule has 3 rings (SSSR count). The van der Waals surface area contributed by atoms with Crippen LogP contribution in [0.15, 0.2) is 12.4 Å². The van der Waals surface area contributed by atoms with Gasteiger partial charge in [0, 0.05) is 13.1 Å². The van der Waals surface area contributed by atoms with Crippen molar-refractivity contribution in [3.8, 4) is 0 Å². The van der Waals surface area contributed by atoms with Crippen LogP contribution in [0.5, 0.6) is 0 Å². The molecule has 0 radical (unpaired) electrons. The molecule has 0 bridgehead atoms. The zero-order valence-corrected chi connectivity index (χ0v) is 8.70. The lowest BCUT2D eigenvalue weighted by molar-refractivity contribution is 0.325. The molecule has 78 valence electrons. The number of rotatable bonds is 1. The number of anilines is 1. The van der Waals surface area contributed by atoms with Gasteiger partial charge in [0.1, 0.15) is 0 Å². The van der Waals surface area contributed by atoms with Crippen LogP contribution in [0.1, 0.15) is 6.04 Å². The molecule has 6 heteroatoms. The van der Waals surface area contributed by atoms with Gasteiger partial charge in [-0.25, -0.2) is 9.67 Å². The van der Waals surface area contributed by atoms with Crippen LogP contribution in [-0.4, -0.2) is 27.9 Å². The third-order valence-electron chi connectivity index (χ3n) is 2.69. The number of fused-ring (bicyclic) bond motifs is 1. The number of halogens is 1. The fourth-order valence-corrected chi connectivity index (χ4v) is 1.88. The number of nitrogen functional groups attached to an aromatic ring is 1. The molecule has 0 saturated carbocycles. The third kappa shape index (κ3) is 1.20. The van der Waals surface area contributed by atoms with Crippen LogP contribution in [-0.2, 0) is 0 Å². The smallest absolute Gasteiger partial charge is 0.159 e. The Morgan fingerprint density at radius 1 is 1.47 bits per heavy atom. The Labute approximate surface area is 91.2 Å². The van der Waals surface area contributed by atoms with Gasteiger partial charge in [-0.05, 0) is 0 Å². The van der Waals surface area contributed by atoms with E-state index in [0.717, 1.165) is 24.1 Å². The summed E-state index contributed by atoms with van der Waals surface area (Å²) in [4.78, 5) is 4.27. The fraction of sp³-hybridized carbons (Fsp3) is 0.333. The summed E-state index contributed by atoms with van der Waals surface area (Å²) in [5.41, 5.74) is 6.98. The number of hydrogen-bond donors (Lipinski definition) is 2. The Bertz CT molecular complexity index is 516. The third-order valence-corrected chi connectivity index (χ3v) is 3.11. The number of nitrogens with one attached hydrogen (secondary N) is 1. The Kier molecular flexibility index (Phi) is 1.83. The average molecular weight is 224 g/mol. The predicted molar refractivity (Wildman–Crippen MR) is 58.9 cm³/mol. The van der Waals surface area contributed by atoms with Crippen LogP contribution in [0.25, 0.3) is 11.0 Å². The summed E-state index contributed by atoms with van der Waals surface area (Å²) in [6.07, 6.45) is 3.30. The van der Waals surface area contributed by atoms with Gasteiger partial charge in [-0.2, -0.15) is 5.10 Å². The molecule has 15 heavy (non-hydrogen) atoms. The molecule has 1 aliphatic heterocycles. The molecule has 0 aromatic carbocycles. The zero-order chi connectivity index (χ0) is 10.4. The fourth-order valence-electron chi connectivity index (χ4n) is 1.70. The first-order chi connectivity index (χ1) is 7.27. The Morgan fingerprint density at radius 2 is 2.27 bits per heavy atom. The summed E-state index contributed by atoms with van der Waals surface area (Å²) in [5.74, 6) is 0. The van der Waals surface area contributed by atoms with Crippen LogP contribution < -0.4 is 11.1 Å². The van der Waals surface area contributed by atoms with E-state index in [1.165, 1.54) is 0 Å². The molecule has 2 aromatic rings. The number of nitrogens with zero attached hydrogens (tertiary/aromatic N) is 3. The van der Waals surface area contributed by atoms with Crippen LogP contribution in [0.4, 0.5) is 5.69 Å². The minimum Gasteiger partial charge on any atom is -0.396 e. The maximum Gasteiger partial charge on any atom is 0.159 e. The predicted octanol–water partition coefficient (Wildman–Crippen LogP) is 0.811. The standard InChI is InChI=1S/C9H10ClN5/c10-8-6-3-14-15(5-1-12-2-5)9(6)13-4-7(8)11/h3-5,12H,1-2,11H2. The lowest BCUT2D eigenvalue weighted by atomic mass is 10.2. The van der Waals surface area contributed by atoms with Crippen molar-refractivity contribution in [3.63, 3.8) is 0 Å². The van der Waals surface area contributed by atoms with Gasteiger partial charge < -0.3 is 11.1 Å². The Morgan fingerprint density at radius 3 is 2.93 bits per heavy atom. The Balaban J connectivity index is 2.21. The van der Waals surface area contributed by atoms with Gasteiger partial charge in [-0.15, -0.1) is 0 Å². The molecule has 0 unspecified atom stereocenters. The van der Waals surface area contributed by atoms with Crippen molar-refractivity contribution in [2.45, 2.75) is 6.04 Å². The van der Waals surface area contributed by atoms with Gasteiger partial charge in [-0.3, -0.25) is 0 Å². The molecule has 5 nitrogen and oxygen atoms in total. The van der Waals surface area contributed by atoms with Crippen LogP contribution in [0, 0.1) is 0 Å². The second-order valence-corrected chi connectivity index (χ2v) is 4.04. The molecular weight excluding hydrogens is 214 g/mol. The monoisotopic (exact) mass is 223 g/mol. The minimum atomic E-state index is 0.384. The summed E-state index contributed by atoms with van der Waals surface area (Å²) in [5, 5.41) is 8.85. The zero-order valence-electron chi connectivity index (χ0n) is 7.94. The van der Waals surface area contributed by atoms with Crippen molar-refractivity contribution in [1.82, 2.24) is 20.1 Å². The highest BCUT2D eigenvalue weighted by Gasteiger charge is 2.22. The van der Waals surface area contributed by atoms with Gasteiger partial charge in [0.05, 0.1) is 34.5 Å². The minimum absolute atomic E-state index is 0.384. The first kappa shape index (κ1) is 8.94. The maximum atomic E-state index is 6.07. The van der Waals surface area contributed by atoms with Crippen LogP contribution in [0.2, 0.25) is 5.02 Å². The van der Waals surface area contributed by atoms with E-state index in [0.29, 0.717) is 16.8 Å². The maximum absolute atomic E-state index is 6.07. The van der Waals surface area contributed by atoms with Crippen LogP contribution in [0.3, 0.4) is 0 Å². The number of hydrogen-bond acceptors (Lipinski definition) is 4. The summed E-state index contributed by atoms with van der Waals surface area (Å²) >= 11 is 6.07. The van der Waals surface area contributed by atoms with E-state index in [1.807, 2.05) is 4.68 Å². The van der Waals surface area contributed by atoms with E-state index in [4.69, 9.17) is 17.3 Å². The van der Waals surface area contributed by atoms with E-state index in [-0.39, 0.29) is 0 Å². The molecule has 2 aromatic heterocycles. The normalized spacial score (nSPS) is 16.9. The molecule has 0 spiro atoms. The highest BCUT2D eigenvalue weighted by Crippen LogP contribution is 2.28. The van der Waals surface area contributed by atoms with E-state index < -0.39 is 0 Å². The first-order valence-electron chi connectivity index (χ1n) is 4.75. The van der Waals surface area contributed by atoms with Crippen molar-refractivity contribution in [2.24, 2.45) is 0 Å². The highest BCUT2D eigenvalue weighted by molar-refractivity contribution is 6.37. The van der Waals surface area contributed by atoms with Gasteiger partial charge in [0.15, 0.2) is 5.65 Å². The SMILES string of the molecule is Nc1cnc2c(cnn2C2CNC2)c1Cl. The van der Waals surface area contributed by atoms with Crippen molar-refractivity contribution in [1.29, 1.82) is 0 Å². The molecule has 1 saturated heterocycles. The van der Waals surface area contributed by atoms with E-state index >= 15 is 0 Å². The lowest BCUT2D eigenvalue weighted by Crippen LogP contribution is -2.43. The first-order valence-corrected chi connectivity index (χ1v) is 5.13. The lowest BCUT2D eigenvalue weighted by Gasteiger charge is -2.27. The number of pyridine rings is 1. The second kappa shape index (κ2) is 3.08. The van der Waals surface area contributed by atoms with Gasteiger partial charge in [0.25, 0.3) is 0 Å². The summed E-state index contributed by atoms with van der Waals surface area (Å²) in [6, 6.07) is 0.384. The summed E-state index contributed by atoms with van der Waals surface area (Å²) in [7, 11) is 0. The molecule has 0 amide bonds. The Hall–Kier alpha value is -1.33. The van der Waals surface area contributed by atoms with Gasteiger partial charge in [-0.1, -0.05) is 11.6 Å². The van der Waals surface area contributed by atoms with Gasteiger partial charge >= 0.3 is 0 Å². The van der Waals surface area contributed by atoms with E-state index in [1.54, 1.807) is 12.4 Å².